The molecule has 0 aromatic heterocycles. The van der Waals surface area contributed by atoms with Crippen molar-refractivity contribution < 1.29 is 17.9 Å². The summed E-state index contributed by atoms with van der Waals surface area (Å²) in [7, 11) is 1.11. The van der Waals surface area contributed by atoms with Gasteiger partial charge in [-0.25, -0.2) is 13.2 Å². The third-order valence-corrected chi connectivity index (χ3v) is 4.73. The van der Waals surface area contributed by atoms with Gasteiger partial charge in [-0.05, 0) is 18.2 Å². The fourth-order valence-electron chi connectivity index (χ4n) is 1.90. The van der Waals surface area contributed by atoms with E-state index in [9.17, 15) is 13.2 Å². The Balaban J connectivity index is 2.60. The molecule has 0 unspecified atom stereocenters. The number of rotatable bonds is 1. The van der Waals surface area contributed by atoms with E-state index in [1.165, 1.54) is 36.7 Å². The van der Waals surface area contributed by atoms with Crippen molar-refractivity contribution in [1.29, 1.82) is 0 Å². The minimum absolute atomic E-state index is 0.200. The molecule has 0 atom stereocenters. The highest BCUT2D eigenvalue weighted by Crippen LogP contribution is 2.32. The van der Waals surface area contributed by atoms with Crippen molar-refractivity contribution in [3.63, 3.8) is 0 Å². The van der Waals surface area contributed by atoms with Gasteiger partial charge in [0.2, 0.25) is 10.0 Å². The van der Waals surface area contributed by atoms with Gasteiger partial charge < -0.3 is 9.64 Å². The van der Waals surface area contributed by atoms with Gasteiger partial charge in [0.15, 0.2) is 0 Å². The molecule has 0 bridgehead atoms. The molecule has 7 heteroatoms. The van der Waals surface area contributed by atoms with Gasteiger partial charge in [0.05, 0.1) is 25.0 Å². The summed E-state index contributed by atoms with van der Waals surface area (Å²) in [5.74, 6) is -0.484. The Morgan fingerprint density at radius 3 is 2.61 bits per heavy atom. The van der Waals surface area contributed by atoms with Crippen LogP contribution in [0.15, 0.2) is 23.1 Å². The van der Waals surface area contributed by atoms with Gasteiger partial charge in [0, 0.05) is 14.1 Å². The average molecular weight is 270 g/mol. The standard InChI is InChI=1S/C11H14N2O4S/c1-12-7-13(2)18(15,16)10-5-4-8(6-9(10)12)11(14)17-3/h4-6H,7H2,1-3H3. The number of anilines is 1. The Kier molecular flexibility index (Phi) is 3.04. The van der Waals surface area contributed by atoms with Crippen molar-refractivity contribution in [2.45, 2.75) is 4.90 Å². The van der Waals surface area contributed by atoms with E-state index in [4.69, 9.17) is 0 Å². The summed E-state index contributed by atoms with van der Waals surface area (Å²) in [5, 5.41) is 0. The summed E-state index contributed by atoms with van der Waals surface area (Å²) in [4.78, 5) is 13.4. The van der Waals surface area contributed by atoms with Gasteiger partial charge in [0.1, 0.15) is 4.90 Å². The topological polar surface area (TPSA) is 66.9 Å². The highest BCUT2D eigenvalue weighted by atomic mass is 32.2. The third-order valence-electron chi connectivity index (χ3n) is 2.89. The molecule has 0 amide bonds. The van der Waals surface area contributed by atoms with E-state index in [2.05, 4.69) is 4.74 Å². The molecule has 18 heavy (non-hydrogen) atoms. The van der Waals surface area contributed by atoms with E-state index in [0.717, 1.165) is 0 Å². The van der Waals surface area contributed by atoms with Gasteiger partial charge >= 0.3 is 5.97 Å². The minimum atomic E-state index is -3.46. The van der Waals surface area contributed by atoms with Crippen LogP contribution in [0.25, 0.3) is 0 Å². The maximum Gasteiger partial charge on any atom is 0.337 e. The van der Waals surface area contributed by atoms with E-state index in [1.54, 1.807) is 11.9 Å². The quantitative estimate of drug-likeness (QED) is 0.695. The van der Waals surface area contributed by atoms with E-state index >= 15 is 0 Å². The molecule has 0 spiro atoms. The van der Waals surface area contributed by atoms with Crippen LogP contribution in [0.1, 0.15) is 10.4 Å². The van der Waals surface area contributed by atoms with Crippen molar-refractivity contribution in [3.05, 3.63) is 23.8 Å². The molecular formula is C11H14N2O4S. The van der Waals surface area contributed by atoms with E-state index in [1.807, 2.05) is 0 Å². The molecule has 1 heterocycles. The largest absolute Gasteiger partial charge is 0.465 e. The molecule has 1 aliphatic rings. The maximum atomic E-state index is 12.1. The van der Waals surface area contributed by atoms with E-state index in [0.29, 0.717) is 11.3 Å². The van der Waals surface area contributed by atoms with Crippen LogP contribution in [0.4, 0.5) is 5.69 Å². The fourth-order valence-corrected chi connectivity index (χ4v) is 3.28. The van der Waals surface area contributed by atoms with Gasteiger partial charge in [-0.15, -0.1) is 0 Å². The highest BCUT2D eigenvalue weighted by molar-refractivity contribution is 7.89. The normalized spacial score (nSPS) is 18.3. The summed E-state index contributed by atoms with van der Waals surface area (Å²) in [6.07, 6.45) is 0. The summed E-state index contributed by atoms with van der Waals surface area (Å²) in [5.41, 5.74) is 0.846. The number of hydrogen-bond donors (Lipinski definition) is 0. The van der Waals surface area contributed by atoms with Crippen LogP contribution in [0.2, 0.25) is 0 Å². The highest BCUT2D eigenvalue weighted by Gasteiger charge is 2.31. The van der Waals surface area contributed by atoms with Crippen LogP contribution >= 0.6 is 0 Å². The Hall–Kier alpha value is -1.60. The zero-order valence-corrected chi connectivity index (χ0v) is 11.2. The molecule has 0 fully saturated rings. The zero-order valence-electron chi connectivity index (χ0n) is 10.4. The molecule has 1 aromatic rings. The molecule has 6 nitrogen and oxygen atoms in total. The molecule has 1 aliphatic heterocycles. The minimum Gasteiger partial charge on any atom is -0.465 e. The molecule has 0 saturated heterocycles. The third kappa shape index (κ3) is 1.85. The second-order valence-corrected chi connectivity index (χ2v) is 6.13. The van der Waals surface area contributed by atoms with Crippen molar-refractivity contribution in [2.24, 2.45) is 0 Å². The van der Waals surface area contributed by atoms with E-state index in [-0.39, 0.29) is 11.6 Å². The maximum absolute atomic E-state index is 12.1. The summed E-state index contributed by atoms with van der Waals surface area (Å²) in [6.45, 7) is 0.250. The van der Waals surface area contributed by atoms with Crippen LogP contribution in [0, 0.1) is 0 Å². The zero-order chi connectivity index (χ0) is 13.5. The average Bonchev–Trinajstić information content (AvgIpc) is 2.35. The molecule has 0 radical (unpaired) electrons. The smallest absolute Gasteiger partial charge is 0.337 e. The Labute approximate surface area is 106 Å². The van der Waals surface area contributed by atoms with Crippen LogP contribution in [0.3, 0.4) is 0 Å². The first-order chi connectivity index (χ1) is 8.37. The Morgan fingerprint density at radius 2 is 2.00 bits per heavy atom. The van der Waals surface area contributed by atoms with Gasteiger partial charge in [-0.2, -0.15) is 4.31 Å². The van der Waals surface area contributed by atoms with Gasteiger partial charge in [0.25, 0.3) is 0 Å². The van der Waals surface area contributed by atoms with E-state index < -0.39 is 16.0 Å². The van der Waals surface area contributed by atoms with Crippen LogP contribution in [0.5, 0.6) is 0 Å². The van der Waals surface area contributed by atoms with Crippen molar-refractivity contribution in [2.75, 3.05) is 32.8 Å². The molecule has 0 saturated carbocycles. The summed E-state index contributed by atoms with van der Waals surface area (Å²) in [6, 6.07) is 4.42. The fraction of sp³-hybridized carbons (Fsp3) is 0.364. The molecule has 98 valence electrons. The number of ether oxygens (including phenoxy) is 1. The molecular weight excluding hydrogens is 256 g/mol. The number of sulfonamides is 1. The number of benzene rings is 1. The molecule has 2 rings (SSSR count). The number of carbonyl (C=O) groups is 1. The molecule has 0 N–H and O–H groups in total. The Bertz CT molecular complexity index is 597. The monoisotopic (exact) mass is 270 g/mol. The predicted molar refractivity (Wildman–Crippen MR) is 66.0 cm³/mol. The summed E-state index contributed by atoms with van der Waals surface area (Å²) < 4.78 is 30.0. The lowest BCUT2D eigenvalue weighted by Gasteiger charge is -2.33. The SMILES string of the molecule is COC(=O)c1ccc2c(c1)N(C)CN(C)S2(=O)=O. The van der Waals surface area contributed by atoms with Crippen molar-refractivity contribution >= 4 is 21.7 Å². The van der Waals surface area contributed by atoms with Gasteiger partial charge in [-0.3, -0.25) is 0 Å². The first-order valence-corrected chi connectivity index (χ1v) is 6.72. The van der Waals surface area contributed by atoms with Crippen LogP contribution < -0.4 is 4.90 Å². The van der Waals surface area contributed by atoms with Crippen molar-refractivity contribution in [1.82, 2.24) is 4.31 Å². The number of methoxy groups -OCH3 is 1. The van der Waals surface area contributed by atoms with Crippen LogP contribution in [-0.4, -0.2) is 46.6 Å². The second-order valence-electron chi connectivity index (χ2n) is 4.12. The molecule has 0 aliphatic carbocycles. The first kappa shape index (κ1) is 12.8. The first-order valence-electron chi connectivity index (χ1n) is 5.28. The number of hydrogen-bond acceptors (Lipinski definition) is 5. The van der Waals surface area contributed by atoms with Gasteiger partial charge in [-0.1, -0.05) is 0 Å². The summed E-state index contributed by atoms with van der Waals surface area (Å²) >= 11 is 0. The lowest BCUT2D eigenvalue weighted by Crippen LogP contribution is -2.42. The van der Waals surface area contributed by atoms with Crippen molar-refractivity contribution in [3.8, 4) is 0 Å². The lowest BCUT2D eigenvalue weighted by molar-refractivity contribution is 0.0600. The Morgan fingerprint density at radius 1 is 1.33 bits per heavy atom. The lowest BCUT2D eigenvalue weighted by atomic mass is 10.2. The number of carbonyl (C=O) groups excluding carboxylic acids is 1. The number of esters is 1. The second kappa shape index (κ2) is 4.25. The predicted octanol–water partition coefficient (Wildman–Crippen LogP) is 0.501. The number of fused-ring (bicyclic) bond motifs is 1. The van der Waals surface area contributed by atoms with Crippen LogP contribution in [-0.2, 0) is 14.8 Å². The number of nitrogens with zero attached hydrogens (tertiary/aromatic N) is 2. The molecule has 1 aromatic carbocycles.